The number of anilines is 1. The molecule has 142 valence electrons. The number of hydrogen-bond acceptors (Lipinski definition) is 5. The molecule has 4 rings (SSSR count). The minimum Gasteiger partial charge on any atom is -0.453 e. The molecular formula is C19H14BrClN4O2S. The zero-order valence-electron chi connectivity index (χ0n) is 14.6. The van der Waals surface area contributed by atoms with Gasteiger partial charge in [-0.05, 0) is 42.5 Å². The van der Waals surface area contributed by atoms with Gasteiger partial charge in [0.15, 0.2) is 16.7 Å². The summed E-state index contributed by atoms with van der Waals surface area (Å²) < 4.78 is 8.55. The number of benzene rings is 2. The summed E-state index contributed by atoms with van der Waals surface area (Å²) in [5.41, 5.74) is 1.46. The van der Waals surface area contributed by atoms with Crippen molar-refractivity contribution in [2.24, 2.45) is 7.05 Å². The molecule has 28 heavy (non-hydrogen) atoms. The van der Waals surface area contributed by atoms with E-state index in [1.165, 1.54) is 11.8 Å². The van der Waals surface area contributed by atoms with Crippen molar-refractivity contribution in [3.63, 3.8) is 0 Å². The predicted molar refractivity (Wildman–Crippen MR) is 115 cm³/mol. The maximum absolute atomic E-state index is 12.2. The fraction of sp³-hybridized carbons (Fsp3) is 0.105. The molecule has 0 fully saturated rings. The average Bonchev–Trinajstić information content (AvgIpc) is 3.22. The lowest BCUT2D eigenvalue weighted by Crippen LogP contribution is -2.14. The number of nitrogens with zero attached hydrogens (tertiary/aromatic N) is 3. The van der Waals surface area contributed by atoms with E-state index >= 15 is 0 Å². The first-order chi connectivity index (χ1) is 13.5. The molecule has 0 aliphatic carbocycles. The smallest absolute Gasteiger partial charge is 0.234 e. The van der Waals surface area contributed by atoms with E-state index in [4.69, 9.17) is 16.0 Å². The van der Waals surface area contributed by atoms with Crippen molar-refractivity contribution < 1.29 is 9.21 Å². The highest BCUT2D eigenvalue weighted by Gasteiger charge is 2.16. The lowest BCUT2D eigenvalue weighted by atomic mass is 10.2. The monoisotopic (exact) mass is 476 g/mol. The molecule has 1 N–H and O–H groups in total. The minimum atomic E-state index is -0.119. The average molecular weight is 478 g/mol. The van der Waals surface area contributed by atoms with Crippen molar-refractivity contribution in [3.8, 4) is 11.6 Å². The molecule has 0 aliphatic heterocycles. The van der Waals surface area contributed by atoms with Crippen LogP contribution in [0, 0.1) is 0 Å². The van der Waals surface area contributed by atoms with Gasteiger partial charge in [0.05, 0.1) is 5.75 Å². The number of aromatic nitrogens is 3. The first kappa shape index (κ1) is 19.0. The first-order valence-electron chi connectivity index (χ1n) is 8.27. The topological polar surface area (TPSA) is 73.0 Å². The number of halogens is 2. The van der Waals surface area contributed by atoms with E-state index in [9.17, 15) is 4.79 Å². The molecule has 2 aromatic carbocycles. The summed E-state index contributed by atoms with van der Waals surface area (Å²) in [4.78, 5) is 12.2. The van der Waals surface area contributed by atoms with Crippen LogP contribution in [-0.4, -0.2) is 26.4 Å². The Bertz CT molecular complexity index is 1170. The number of rotatable bonds is 5. The number of hydrogen-bond donors (Lipinski definition) is 1. The number of thioether (sulfide) groups is 1. The summed E-state index contributed by atoms with van der Waals surface area (Å²) in [6.45, 7) is 0. The molecule has 2 heterocycles. The van der Waals surface area contributed by atoms with Crippen LogP contribution in [-0.2, 0) is 11.8 Å². The van der Waals surface area contributed by atoms with Gasteiger partial charge in [-0.3, -0.25) is 4.79 Å². The Kier molecular flexibility index (Phi) is 5.43. The van der Waals surface area contributed by atoms with Crippen LogP contribution in [0.1, 0.15) is 0 Å². The number of fused-ring (bicyclic) bond motifs is 1. The fourth-order valence-corrected chi connectivity index (χ4v) is 3.96. The molecule has 4 aromatic rings. The lowest BCUT2D eigenvalue weighted by Gasteiger charge is -2.05. The molecule has 0 spiro atoms. The number of amides is 1. The van der Waals surface area contributed by atoms with Crippen LogP contribution >= 0.6 is 39.3 Å². The van der Waals surface area contributed by atoms with Crippen molar-refractivity contribution in [1.82, 2.24) is 14.8 Å². The minimum absolute atomic E-state index is 0.119. The van der Waals surface area contributed by atoms with Crippen LogP contribution in [0.5, 0.6) is 0 Å². The SMILES string of the molecule is Cn1c(SCC(=O)Nc2cccc(Br)c2)nnc1-c1cc2cc(Cl)ccc2o1. The van der Waals surface area contributed by atoms with Crippen LogP contribution in [0.4, 0.5) is 5.69 Å². The first-order valence-corrected chi connectivity index (χ1v) is 10.4. The molecule has 0 saturated carbocycles. The number of furan rings is 1. The molecule has 0 unspecified atom stereocenters. The van der Waals surface area contributed by atoms with E-state index in [2.05, 4.69) is 31.4 Å². The summed E-state index contributed by atoms with van der Waals surface area (Å²) in [7, 11) is 1.84. The molecule has 1 amide bonds. The van der Waals surface area contributed by atoms with E-state index in [0.717, 1.165) is 21.1 Å². The van der Waals surface area contributed by atoms with Gasteiger partial charge < -0.3 is 14.3 Å². The third-order valence-electron chi connectivity index (χ3n) is 3.97. The van der Waals surface area contributed by atoms with E-state index in [0.29, 0.717) is 21.8 Å². The maximum Gasteiger partial charge on any atom is 0.234 e. The molecule has 0 aliphatic rings. The highest BCUT2D eigenvalue weighted by molar-refractivity contribution is 9.10. The van der Waals surface area contributed by atoms with Crippen LogP contribution in [0.2, 0.25) is 5.02 Å². The molecule has 0 bridgehead atoms. The largest absolute Gasteiger partial charge is 0.453 e. The standard InChI is InChI=1S/C19H14BrClN4O2S/c1-25-18(16-8-11-7-13(21)5-6-15(11)27-16)23-24-19(25)28-10-17(26)22-14-4-2-3-12(20)9-14/h2-9H,10H2,1H3,(H,22,26). The Morgan fingerprint density at radius 1 is 1.25 bits per heavy atom. The summed E-state index contributed by atoms with van der Waals surface area (Å²) >= 11 is 10.7. The van der Waals surface area contributed by atoms with Crippen LogP contribution < -0.4 is 5.32 Å². The van der Waals surface area contributed by atoms with Crippen molar-refractivity contribution in [3.05, 3.63) is 58.0 Å². The molecule has 9 heteroatoms. The Balaban J connectivity index is 1.46. The van der Waals surface area contributed by atoms with E-state index in [1.807, 2.05) is 49.5 Å². The van der Waals surface area contributed by atoms with E-state index < -0.39 is 0 Å². The van der Waals surface area contributed by atoms with Crippen molar-refractivity contribution in [2.45, 2.75) is 5.16 Å². The molecular weight excluding hydrogens is 464 g/mol. The second kappa shape index (κ2) is 7.98. The lowest BCUT2D eigenvalue weighted by molar-refractivity contribution is -0.113. The van der Waals surface area contributed by atoms with Gasteiger partial charge in [0.25, 0.3) is 0 Å². The predicted octanol–water partition coefficient (Wildman–Crippen LogP) is 5.38. The van der Waals surface area contributed by atoms with Gasteiger partial charge in [-0.1, -0.05) is 45.4 Å². The third kappa shape index (κ3) is 4.09. The Morgan fingerprint density at radius 3 is 2.93 bits per heavy atom. The number of carbonyl (C=O) groups is 1. The van der Waals surface area contributed by atoms with Gasteiger partial charge in [-0.15, -0.1) is 10.2 Å². The Morgan fingerprint density at radius 2 is 2.11 bits per heavy atom. The van der Waals surface area contributed by atoms with E-state index in [-0.39, 0.29) is 11.7 Å². The summed E-state index contributed by atoms with van der Waals surface area (Å²) in [6, 6.07) is 14.7. The second-order valence-electron chi connectivity index (χ2n) is 6.01. The van der Waals surface area contributed by atoms with Crippen molar-refractivity contribution in [1.29, 1.82) is 0 Å². The van der Waals surface area contributed by atoms with Gasteiger partial charge in [0, 0.05) is 27.6 Å². The zero-order chi connectivity index (χ0) is 19.7. The molecule has 2 aromatic heterocycles. The van der Waals surface area contributed by atoms with Crippen LogP contribution in [0.15, 0.2) is 62.6 Å². The van der Waals surface area contributed by atoms with Gasteiger partial charge in [0.1, 0.15) is 5.58 Å². The molecule has 0 atom stereocenters. The molecule has 0 saturated heterocycles. The molecule has 6 nitrogen and oxygen atoms in total. The van der Waals surface area contributed by atoms with Gasteiger partial charge in [0.2, 0.25) is 5.91 Å². The number of nitrogens with one attached hydrogen (secondary N) is 1. The highest BCUT2D eigenvalue weighted by atomic mass is 79.9. The summed E-state index contributed by atoms with van der Waals surface area (Å²) in [5.74, 6) is 1.28. The number of carbonyl (C=O) groups excluding carboxylic acids is 1. The van der Waals surface area contributed by atoms with Crippen molar-refractivity contribution >= 4 is 61.9 Å². The Hall–Kier alpha value is -2.29. The van der Waals surface area contributed by atoms with Gasteiger partial charge in [-0.25, -0.2) is 0 Å². The normalized spacial score (nSPS) is 11.1. The Labute approximate surface area is 178 Å². The molecule has 0 radical (unpaired) electrons. The highest BCUT2D eigenvalue weighted by Crippen LogP contribution is 2.30. The third-order valence-corrected chi connectivity index (χ3v) is 5.72. The van der Waals surface area contributed by atoms with Crippen LogP contribution in [0.25, 0.3) is 22.6 Å². The fourth-order valence-electron chi connectivity index (χ4n) is 2.67. The van der Waals surface area contributed by atoms with Gasteiger partial charge in [-0.2, -0.15) is 0 Å². The zero-order valence-corrected chi connectivity index (χ0v) is 17.8. The second-order valence-corrected chi connectivity index (χ2v) is 8.30. The summed E-state index contributed by atoms with van der Waals surface area (Å²) in [5, 5.41) is 13.4. The van der Waals surface area contributed by atoms with Gasteiger partial charge >= 0.3 is 0 Å². The summed E-state index contributed by atoms with van der Waals surface area (Å²) in [6.07, 6.45) is 0. The quantitative estimate of drug-likeness (QED) is 0.391. The maximum atomic E-state index is 12.2. The van der Waals surface area contributed by atoms with E-state index in [1.54, 1.807) is 10.6 Å². The van der Waals surface area contributed by atoms with Crippen molar-refractivity contribution in [2.75, 3.05) is 11.1 Å². The van der Waals surface area contributed by atoms with Crippen LogP contribution in [0.3, 0.4) is 0 Å².